The van der Waals surface area contributed by atoms with Crippen molar-refractivity contribution in [3.63, 3.8) is 0 Å². The van der Waals surface area contributed by atoms with Crippen molar-refractivity contribution < 1.29 is 9.59 Å². The lowest BCUT2D eigenvalue weighted by Crippen LogP contribution is -2.12. The van der Waals surface area contributed by atoms with E-state index >= 15 is 0 Å². The molecule has 4 nitrogen and oxygen atoms in total. The van der Waals surface area contributed by atoms with Crippen LogP contribution in [0.25, 0.3) is 0 Å². The minimum atomic E-state index is -0.338. The van der Waals surface area contributed by atoms with Crippen LogP contribution in [0, 0.1) is 6.92 Å². The molecule has 98 valence electrons. The second kappa shape index (κ2) is 5.50. The number of thiazole rings is 1. The molecule has 0 aliphatic rings. The van der Waals surface area contributed by atoms with Crippen LogP contribution >= 0.6 is 22.9 Å². The van der Waals surface area contributed by atoms with Crippen LogP contribution in [0.4, 0.5) is 5.13 Å². The van der Waals surface area contributed by atoms with Crippen LogP contribution in [0.15, 0.2) is 23.6 Å². The third-order valence-corrected chi connectivity index (χ3v) is 3.52. The Morgan fingerprint density at radius 2 is 2.11 bits per heavy atom. The number of aromatic nitrogens is 1. The van der Waals surface area contributed by atoms with E-state index in [1.54, 1.807) is 17.5 Å². The van der Waals surface area contributed by atoms with Gasteiger partial charge in [-0.2, -0.15) is 0 Å². The number of benzene rings is 1. The van der Waals surface area contributed by atoms with E-state index in [9.17, 15) is 9.59 Å². The van der Waals surface area contributed by atoms with Crippen LogP contribution in [0.3, 0.4) is 0 Å². The third-order valence-electron chi connectivity index (χ3n) is 2.45. The van der Waals surface area contributed by atoms with E-state index in [1.807, 2.05) is 13.0 Å². The fourth-order valence-electron chi connectivity index (χ4n) is 1.46. The summed E-state index contributed by atoms with van der Waals surface area (Å²) in [5, 5.41) is 5.00. The van der Waals surface area contributed by atoms with Crippen molar-refractivity contribution in [2.75, 3.05) is 5.32 Å². The second-order valence-corrected chi connectivity index (χ2v) is 5.30. The number of halogens is 1. The van der Waals surface area contributed by atoms with Crippen molar-refractivity contribution >= 4 is 39.8 Å². The number of ketones is 1. The third kappa shape index (κ3) is 3.19. The molecule has 0 spiro atoms. The largest absolute Gasteiger partial charge is 0.298 e. The number of hydrogen-bond donors (Lipinski definition) is 1. The Labute approximate surface area is 119 Å². The number of anilines is 1. The molecular weight excluding hydrogens is 284 g/mol. The molecule has 1 N–H and O–H groups in total. The first-order valence-electron chi connectivity index (χ1n) is 5.51. The maximum atomic E-state index is 12.0. The lowest BCUT2D eigenvalue weighted by Gasteiger charge is -2.04. The Morgan fingerprint density at radius 1 is 1.37 bits per heavy atom. The number of nitrogens with zero attached hydrogens (tertiary/aromatic N) is 1. The van der Waals surface area contributed by atoms with Crippen LogP contribution in [0.2, 0.25) is 5.02 Å². The van der Waals surface area contributed by atoms with Crippen molar-refractivity contribution in [2.24, 2.45) is 0 Å². The summed E-state index contributed by atoms with van der Waals surface area (Å²) in [6.07, 6.45) is 0. The van der Waals surface area contributed by atoms with E-state index in [2.05, 4.69) is 10.3 Å². The number of carbonyl (C=O) groups excluding carboxylic acids is 2. The molecule has 1 aromatic carbocycles. The average Bonchev–Trinajstić information content (AvgIpc) is 2.77. The summed E-state index contributed by atoms with van der Waals surface area (Å²) >= 11 is 7.22. The van der Waals surface area contributed by atoms with E-state index in [1.165, 1.54) is 18.3 Å². The summed E-state index contributed by atoms with van der Waals surface area (Å²) in [7, 11) is 0. The second-order valence-electron chi connectivity index (χ2n) is 4.03. The van der Waals surface area contributed by atoms with Gasteiger partial charge in [0, 0.05) is 12.3 Å². The minimum Gasteiger partial charge on any atom is -0.298 e. The van der Waals surface area contributed by atoms with Gasteiger partial charge in [0.2, 0.25) is 0 Å². The zero-order valence-corrected chi connectivity index (χ0v) is 11.9. The highest BCUT2D eigenvalue weighted by Gasteiger charge is 2.13. The quantitative estimate of drug-likeness (QED) is 0.881. The highest BCUT2D eigenvalue weighted by Crippen LogP contribution is 2.21. The summed E-state index contributed by atoms with van der Waals surface area (Å²) in [5.74, 6) is -0.473. The minimum absolute atomic E-state index is 0.134. The number of hydrogen-bond acceptors (Lipinski definition) is 4. The first-order valence-corrected chi connectivity index (χ1v) is 6.77. The SMILES string of the molecule is CC(=O)c1csc(NC(=O)c2ccc(C)cc2Cl)n1. The van der Waals surface area contributed by atoms with E-state index in [4.69, 9.17) is 11.6 Å². The van der Waals surface area contributed by atoms with Gasteiger partial charge in [-0.3, -0.25) is 14.9 Å². The summed E-state index contributed by atoms with van der Waals surface area (Å²) in [5.41, 5.74) is 1.71. The Morgan fingerprint density at radius 3 is 2.68 bits per heavy atom. The molecule has 2 rings (SSSR count). The van der Waals surface area contributed by atoms with E-state index in [0.29, 0.717) is 21.4 Å². The summed E-state index contributed by atoms with van der Waals surface area (Å²) in [4.78, 5) is 27.1. The molecule has 0 saturated carbocycles. The van der Waals surface area contributed by atoms with Gasteiger partial charge in [0.1, 0.15) is 5.69 Å². The highest BCUT2D eigenvalue weighted by atomic mass is 35.5. The van der Waals surface area contributed by atoms with E-state index in [0.717, 1.165) is 5.56 Å². The van der Waals surface area contributed by atoms with Gasteiger partial charge >= 0.3 is 0 Å². The highest BCUT2D eigenvalue weighted by molar-refractivity contribution is 7.14. The average molecular weight is 295 g/mol. The lowest BCUT2D eigenvalue weighted by atomic mass is 10.1. The molecule has 2 aromatic rings. The molecule has 0 saturated heterocycles. The van der Waals surface area contributed by atoms with Gasteiger partial charge in [0.15, 0.2) is 10.9 Å². The first-order chi connectivity index (χ1) is 8.97. The fourth-order valence-corrected chi connectivity index (χ4v) is 2.53. The standard InChI is InChI=1S/C13H11ClN2O2S/c1-7-3-4-9(10(14)5-7)12(18)16-13-15-11(6-19-13)8(2)17/h3-6H,1-2H3,(H,15,16,18). The molecule has 6 heteroatoms. The number of amides is 1. The van der Waals surface area contributed by atoms with Gasteiger partial charge in [-0.05, 0) is 24.6 Å². The van der Waals surface area contributed by atoms with Crippen LogP contribution in [0.5, 0.6) is 0 Å². The topological polar surface area (TPSA) is 59.1 Å². The van der Waals surface area contributed by atoms with Crippen LogP contribution in [-0.4, -0.2) is 16.7 Å². The molecule has 19 heavy (non-hydrogen) atoms. The van der Waals surface area contributed by atoms with Gasteiger partial charge < -0.3 is 0 Å². The van der Waals surface area contributed by atoms with Crippen molar-refractivity contribution in [3.8, 4) is 0 Å². The van der Waals surface area contributed by atoms with Gasteiger partial charge in [-0.15, -0.1) is 11.3 Å². The fraction of sp³-hybridized carbons (Fsp3) is 0.154. The molecule has 0 aliphatic carbocycles. The van der Waals surface area contributed by atoms with E-state index in [-0.39, 0.29) is 11.7 Å². The summed E-state index contributed by atoms with van der Waals surface area (Å²) in [6.45, 7) is 3.32. The molecule has 0 bridgehead atoms. The molecule has 1 aromatic heterocycles. The first kappa shape index (κ1) is 13.7. The molecule has 0 unspecified atom stereocenters. The van der Waals surface area contributed by atoms with Gasteiger partial charge in [-0.1, -0.05) is 17.7 Å². The zero-order chi connectivity index (χ0) is 14.0. The van der Waals surface area contributed by atoms with Crippen molar-refractivity contribution in [2.45, 2.75) is 13.8 Å². The number of carbonyl (C=O) groups is 2. The van der Waals surface area contributed by atoms with E-state index < -0.39 is 0 Å². The molecule has 0 fully saturated rings. The monoisotopic (exact) mass is 294 g/mol. The predicted octanol–water partition coefficient (Wildman–Crippen LogP) is 3.56. The number of rotatable bonds is 3. The van der Waals surface area contributed by atoms with Crippen molar-refractivity contribution in [1.82, 2.24) is 4.98 Å². The Hall–Kier alpha value is -1.72. The summed E-state index contributed by atoms with van der Waals surface area (Å²) < 4.78 is 0. The molecule has 1 heterocycles. The number of aryl methyl sites for hydroxylation is 1. The Balaban J connectivity index is 2.18. The normalized spacial score (nSPS) is 10.3. The van der Waals surface area contributed by atoms with Crippen molar-refractivity contribution in [1.29, 1.82) is 0 Å². The summed E-state index contributed by atoms with van der Waals surface area (Å²) in [6, 6.07) is 5.19. The molecule has 0 aliphatic heterocycles. The van der Waals surface area contributed by atoms with Gasteiger partial charge in [-0.25, -0.2) is 4.98 Å². The van der Waals surface area contributed by atoms with Crippen LogP contribution in [-0.2, 0) is 0 Å². The zero-order valence-electron chi connectivity index (χ0n) is 10.4. The maximum absolute atomic E-state index is 12.0. The maximum Gasteiger partial charge on any atom is 0.258 e. The Kier molecular flexibility index (Phi) is 3.97. The predicted molar refractivity (Wildman–Crippen MR) is 76.3 cm³/mol. The van der Waals surface area contributed by atoms with Crippen molar-refractivity contribution in [3.05, 3.63) is 45.4 Å². The number of nitrogens with one attached hydrogen (secondary N) is 1. The smallest absolute Gasteiger partial charge is 0.258 e. The molecule has 0 atom stereocenters. The number of Topliss-reactive ketones (excluding diaryl/α,β-unsaturated/α-hetero) is 1. The van der Waals surface area contributed by atoms with Crippen LogP contribution in [0.1, 0.15) is 33.3 Å². The molecule has 0 radical (unpaired) electrons. The molecular formula is C13H11ClN2O2S. The Bertz CT molecular complexity index is 652. The van der Waals surface area contributed by atoms with Crippen LogP contribution < -0.4 is 5.32 Å². The molecule has 1 amide bonds. The lowest BCUT2D eigenvalue weighted by molar-refractivity contribution is 0.100. The van der Waals surface area contributed by atoms with Gasteiger partial charge in [0.25, 0.3) is 5.91 Å². The van der Waals surface area contributed by atoms with Gasteiger partial charge in [0.05, 0.1) is 10.6 Å².